The van der Waals surface area contributed by atoms with Crippen LogP contribution in [-0.2, 0) is 23.6 Å². The summed E-state index contributed by atoms with van der Waals surface area (Å²) in [6.07, 6.45) is 2.31. The average Bonchev–Trinajstić information content (AvgIpc) is 3.06. The molecule has 1 aliphatic heterocycles. The third-order valence-electron chi connectivity index (χ3n) is 8.35. The van der Waals surface area contributed by atoms with E-state index in [0.29, 0.717) is 50.9 Å². The molecule has 8 heteroatoms. The summed E-state index contributed by atoms with van der Waals surface area (Å²) >= 11 is 0. The predicted molar refractivity (Wildman–Crippen MR) is 182 cm³/mol. The summed E-state index contributed by atoms with van der Waals surface area (Å²) < 4.78 is 17.9. The molecule has 1 amide bonds. The lowest BCUT2D eigenvalue weighted by Crippen LogP contribution is -2.46. The molecule has 0 saturated carbocycles. The number of pyridine rings is 2. The Bertz CT molecular complexity index is 1850. The van der Waals surface area contributed by atoms with Crippen molar-refractivity contribution in [2.24, 2.45) is 0 Å². The number of piperidine rings is 1. The lowest BCUT2D eigenvalue weighted by atomic mass is 9.83. The van der Waals surface area contributed by atoms with Crippen LogP contribution in [0.4, 0.5) is 4.79 Å². The van der Waals surface area contributed by atoms with Gasteiger partial charge in [0.2, 0.25) is 11.8 Å². The van der Waals surface area contributed by atoms with Crippen LogP contribution >= 0.6 is 0 Å². The van der Waals surface area contributed by atoms with Crippen molar-refractivity contribution in [1.29, 1.82) is 0 Å². The molecule has 0 unspecified atom stereocenters. The molecule has 8 nitrogen and oxygen atoms in total. The summed E-state index contributed by atoms with van der Waals surface area (Å²) in [5.74, 6) is 0.911. The number of rotatable bonds is 8. The number of carbonyl (C=O) groups is 1. The Balaban J connectivity index is 1.28. The van der Waals surface area contributed by atoms with Crippen molar-refractivity contribution in [3.05, 3.63) is 119 Å². The number of aromatic nitrogens is 2. The number of aryl methyl sites for hydroxylation is 1. The van der Waals surface area contributed by atoms with Gasteiger partial charge < -0.3 is 24.2 Å². The van der Waals surface area contributed by atoms with E-state index in [1.807, 2.05) is 119 Å². The Morgan fingerprint density at radius 2 is 1.51 bits per heavy atom. The number of fused-ring (bicyclic) bond motifs is 1. The van der Waals surface area contributed by atoms with Crippen LogP contribution < -0.4 is 9.47 Å². The van der Waals surface area contributed by atoms with Crippen LogP contribution in [0.2, 0.25) is 0 Å². The Labute approximate surface area is 276 Å². The number of benzene rings is 3. The van der Waals surface area contributed by atoms with Crippen LogP contribution in [0.15, 0.2) is 97.2 Å². The Morgan fingerprint density at radius 1 is 0.872 bits per heavy atom. The molecule has 0 aliphatic carbocycles. The molecule has 1 fully saturated rings. The van der Waals surface area contributed by atoms with Gasteiger partial charge in [-0.25, -0.2) is 4.79 Å². The number of likely N-dealkylation sites (tertiary alicyclic amines) is 1. The van der Waals surface area contributed by atoms with E-state index in [1.165, 1.54) is 0 Å². The fourth-order valence-electron chi connectivity index (χ4n) is 5.81. The summed E-state index contributed by atoms with van der Waals surface area (Å²) in [5, 5.41) is 12.7. The minimum absolute atomic E-state index is 0.348. The first kappa shape index (κ1) is 32.0. The smallest absolute Gasteiger partial charge is 0.410 e. The van der Waals surface area contributed by atoms with Crippen LogP contribution in [-0.4, -0.2) is 44.8 Å². The van der Waals surface area contributed by atoms with Crippen molar-refractivity contribution < 1.29 is 24.1 Å². The van der Waals surface area contributed by atoms with Gasteiger partial charge >= 0.3 is 6.09 Å². The van der Waals surface area contributed by atoms with E-state index in [2.05, 4.69) is 6.07 Å². The third kappa shape index (κ3) is 7.72. The number of hydrogen-bond acceptors (Lipinski definition) is 7. The zero-order valence-electron chi connectivity index (χ0n) is 27.4. The second-order valence-electron chi connectivity index (χ2n) is 13.1. The third-order valence-corrected chi connectivity index (χ3v) is 8.35. The highest BCUT2D eigenvalue weighted by Gasteiger charge is 2.37. The van der Waals surface area contributed by atoms with Gasteiger partial charge in [0.1, 0.15) is 18.8 Å². The molecule has 47 heavy (non-hydrogen) atoms. The highest BCUT2D eigenvalue weighted by Crippen LogP contribution is 2.38. The number of carbonyl (C=O) groups excluding carboxylic acids is 1. The fourth-order valence-corrected chi connectivity index (χ4v) is 5.81. The maximum absolute atomic E-state index is 12.6. The number of aliphatic hydroxyl groups is 1. The second-order valence-corrected chi connectivity index (χ2v) is 13.1. The standard InChI is InChI=1S/C39H41N3O5/c1-27-21-32(39(44)17-19-42(20-18-39)37(43)47-38(2,3)4)23-30-22-31(24-40-35(27)30)33-15-16-34(45-25-28-11-7-5-8-12-28)41-36(33)46-26-29-13-9-6-10-14-29/h5-16,21-24,44H,17-20,25-26H2,1-4H3. The topological polar surface area (TPSA) is 94.0 Å². The average molecular weight is 632 g/mol. The largest absolute Gasteiger partial charge is 0.473 e. The number of amides is 1. The molecule has 242 valence electrons. The van der Waals surface area contributed by atoms with Crippen molar-refractivity contribution in [3.8, 4) is 22.9 Å². The second kappa shape index (κ2) is 13.4. The molecule has 1 N–H and O–H groups in total. The number of hydrogen-bond donors (Lipinski definition) is 1. The van der Waals surface area contributed by atoms with E-state index >= 15 is 0 Å². The van der Waals surface area contributed by atoms with Gasteiger partial charge in [-0.15, -0.1) is 0 Å². The molecule has 0 spiro atoms. The first-order chi connectivity index (χ1) is 22.6. The van der Waals surface area contributed by atoms with E-state index in [-0.39, 0.29) is 6.09 Å². The van der Waals surface area contributed by atoms with Gasteiger partial charge in [0.05, 0.1) is 11.1 Å². The van der Waals surface area contributed by atoms with Crippen molar-refractivity contribution in [3.63, 3.8) is 0 Å². The normalized spacial score (nSPS) is 14.5. The van der Waals surface area contributed by atoms with Gasteiger partial charge in [-0.3, -0.25) is 4.98 Å². The van der Waals surface area contributed by atoms with Crippen LogP contribution in [0.25, 0.3) is 22.0 Å². The Kier molecular flexibility index (Phi) is 9.14. The summed E-state index contributed by atoms with van der Waals surface area (Å²) in [7, 11) is 0. The summed E-state index contributed by atoms with van der Waals surface area (Å²) in [6.45, 7) is 9.13. The molecule has 6 rings (SSSR count). The summed E-state index contributed by atoms with van der Waals surface area (Å²) in [5.41, 5.74) is 4.70. The van der Waals surface area contributed by atoms with E-state index in [4.69, 9.17) is 24.2 Å². The van der Waals surface area contributed by atoms with E-state index in [1.54, 1.807) is 4.90 Å². The van der Waals surface area contributed by atoms with Gasteiger partial charge in [0.25, 0.3) is 0 Å². The van der Waals surface area contributed by atoms with E-state index in [0.717, 1.165) is 44.3 Å². The molecule has 1 aliphatic rings. The predicted octanol–water partition coefficient (Wildman–Crippen LogP) is 7.98. The van der Waals surface area contributed by atoms with E-state index in [9.17, 15) is 9.90 Å². The molecule has 2 aromatic heterocycles. The van der Waals surface area contributed by atoms with Gasteiger partial charge in [0.15, 0.2) is 0 Å². The first-order valence-electron chi connectivity index (χ1n) is 16.0. The van der Waals surface area contributed by atoms with Crippen molar-refractivity contribution >= 4 is 17.0 Å². The zero-order valence-corrected chi connectivity index (χ0v) is 27.4. The molecule has 0 atom stereocenters. The quantitative estimate of drug-likeness (QED) is 0.186. The molecular formula is C39H41N3O5. The van der Waals surface area contributed by atoms with Gasteiger partial charge in [-0.1, -0.05) is 66.7 Å². The highest BCUT2D eigenvalue weighted by molar-refractivity contribution is 5.87. The zero-order chi connectivity index (χ0) is 33.0. The first-order valence-corrected chi connectivity index (χ1v) is 16.0. The van der Waals surface area contributed by atoms with E-state index < -0.39 is 11.2 Å². The maximum atomic E-state index is 12.6. The lowest BCUT2D eigenvalue weighted by molar-refractivity contribution is -0.0356. The van der Waals surface area contributed by atoms with Crippen molar-refractivity contribution in [1.82, 2.24) is 14.9 Å². The van der Waals surface area contributed by atoms with Crippen LogP contribution in [0.3, 0.4) is 0 Å². The highest BCUT2D eigenvalue weighted by atomic mass is 16.6. The fraction of sp³-hybridized carbons (Fsp3) is 0.308. The van der Waals surface area contributed by atoms with Gasteiger partial charge in [-0.2, -0.15) is 4.98 Å². The summed E-state index contributed by atoms with van der Waals surface area (Å²) in [4.78, 5) is 23.9. The lowest BCUT2D eigenvalue weighted by Gasteiger charge is -2.39. The minimum Gasteiger partial charge on any atom is -0.473 e. The van der Waals surface area contributed by atoms with Gasteiger partial charge in [-0.05, 0) is 81.0 Å². The molecule has 0 bridgehead atoms. The molecule has 3 aromatic carbocycles. The number of ether oxygens (including phenoxy) is 3. The monoisotopic (exact) mass is 631 g/mol. The van der Waals surface area contributed by atoms with Crippen molar-refractivity contribution in [2.75, 3.05) is 13.1 Å². The molecule has 3 heterocycles. The number of nitrogens with zero attached hydrogens (tertiary/aromatic N) is 3. The minimum atomic E-state index is -1.07. The maximum Gasteiger partial charge on any atom is 0.410 e. The van der Waals surface area contributed by atoms with Crippen LogP contribution in [0.1, 0.15) is 55.9 Å². The molecular weight excluding hydrogens is 590 g/mol. The van der Waals surface area contributed by atoms with Crippen LogP contribution in [0.5, 0.6) is 11.8 Å². The Hall–Kier alpha value is -4.95. The Morgan fingerprint density at radius 3 is 2.15 bits per heavy atom. The van der Waals surface area contributed by atoms with Gasteiger partial charge in [0, 0.05) is 41.9 Å². The van der Waals surface area contributed by atoms with Crippen molar-refractivity contribution in [2.45, 2.75) is 65.0 Å². The van der Waals surface area contributed by atoms with Crippen LogP contribution in [0, 0.1) is 6.92 Å². The molecule has 5 aromatic rings. The molecule has 0 radical (unpaired) electrons. The SMILES string of the molecule is Cc1cc(C2(O)CCN(C(=O)OC(C)(C)C)CC2)cc2cc(-c3ccc(OCc4ccccc4)nc3OCc3ccccc3)cnc12. The molecule has 1 saturated heterocycles. The summed E-state index contributed by atoms with van der Waals surface area (Å²) in [6, 6.07) is 29.8.